The summed E-state index contributed by atoms with van der Waals surface area (Å²) in [6.45, 7) is 19.1. The van der Waals surface area contributed by atoms with Gasteiger partial charge in [0.05, 0.1) is 12.0 Å². The molecule has 3 fully saturated rings. The number of allylic oxidation sites excluding steroid dienone is 2. The molecule has 5 aliphatic rings. The molecule has 5 rings (SSSR count). The van der Waals surface area contributed by atoms with Gasteiger partial charge in [-0.25, -0.2) is 0 Å². The van der Waals surface area contributed by atoms with Crippen molar-refractivity contribution in [3.8, 4) is 0 Å². The Hall–Kier alpha value is -0.830. The Balaban J connectivity index is 1.45. The van der Waals surface area contributed by atoms with E-state index in [-0.39, 0.29) is 45.8 Å². The van der Waals surface area contributed by atoms with Gasteiger partial charge in [-0.3, -0.25) is 4.79 Å². The van der Waals surface area contributed by atoms with Gasteiger partial charge in [-0.15, -0.1) is 0 Å². The molecule has 34 heavy (non-hydrogen) atoms. The maximum absolute atomic E-state index is 12.6. The van der Waals surface area contributed by atoms with Gasteiger partial charge < -0.3 is 9.84 Å². The van der Waals surface area contributed by atoms with E-state index in [1.54, 1.807) is 11.1 Å². The van der Waals surface area contributed by atoms with E-state index in [4.69, 9.17) is 4.74 Å². The number of fused-ring (bicyclic) bond motifs is 4. The average molecular weight is 471 g/mol. The van der Waals surface area contributed by atoms with Crippen LogP contribution in [-0.4, -0.2) is 23.3 Å². The fourth-order valence-electron chi connectivity index (χ4n) is 10.3. The number of cyclic esters (lactones) is 1. The summed E-state index contributed by atoms with van der Waals surface area (Å²) >= 11 is 0. The minimum atomic E-state index is -0.169. The number of esters is 1. The van der Waals surface area contributed by atoms with Crippen molar-refractivity contribution in [1.82, 2.24) is 0 Å². The standard InChI is InChI=1S/C31H50O3/c1-18(2)20-17-24(34-27(20)33)19(3)21-11-15-31(8)23-9-10-25-28(4,5)26(32)13-14-29(25,6)22(23)12-16-30(21,31)7/h18-21,24-26,32H,9-17H2,1-8H3/t19-,20-,21+,24+,25-,26-,29+,30+,31-/m0/s1. The molecule has 0 spiro atoms. The van der Waals surface area contributed by atoms with Crippen LogP contribution in [0, 0.1) is 51.2 Å². The summed E-state index contributed by atoms with van der Waals surface area (Å²) in [5.74, 6) is 2.11. The molecule has 1 heterocycles. The zero-order valence-electron chi connectivity index (χ0n) is 23.2. The third-order valence-corrected chi connectivity index (χ3v) is 12.9. The highest BCUT2D eigenvalue weighted by molar-refractivity contribution is 5.75. The number of hydrogen-bond acceptors (Lipinski definition) is 3. The second-order valence-electron chi connectivity index (χ2n) is 14.7. The molecule has 1 aliphatic heterocycles. The smallest absolute Gasteiger partial charge is 0.309 e. The molecule has 3 heteroatoms. The quantitative estimate of drug-likeness (QED) is 0.347. The molecule has 1 N–H and O–H groups in total. The van der Waals surface area contributed by atoms with Crippen LogP contribution in [0.25, 0.3) is 0 Å². The van der Waals surface area contributed by atoms with E-state index in [1.165, 1.54) is 38.5 Å². The Morgan fingerprint density at radius 2 is 1.62 bits per heavy atom. The predicted octanol–water partition coefficient (Wildman–Crippen LogP) is 7.32. The van der Waals surface area contributed by atoms with Gasteiger partial charge in [-0.05, 0) is 103 Å². The van der Waals surface area contributed by atoms with Gasteiger partial charge in [-0.1, -0.05) is 66.5 Å². The number of hydrogen-bond donors (Lipinski definition) is 1. The van der Waals surface area contributed by atoms with Crippen LogP contribution in [-0.2, 0) is 9.53 Å². The second-order valence-corrected chi connectivity index (χ2v) is 14.7. The molecule has 0 aromatic rings. The molecule has 0 aromatic heterocycles. The zero-order chi connectivity index (χ0) is 24.8. The van der Waals surface area contributed by atoms with Gasteiger partial charge in [0, 0.05) is 0 Å². The third-order valence-electron chi connectivity index (χ3n) is 12.9. The molecule has 2 saturated carbocycles. The highest BCUT2D eigenvalue weighted by atomic mass is 16.6. The topological polar surface area (TPSA) is 46.5 Å². The first kappa shape index (κ1) is 24.8. The van der Waals surface area contributed by atoms with Crippen LogP contribution in [0.5, 0.6) is 0 Å². The molecule has 0 radical (unpaired) electrons. The van der Waals surface area contributed by atoms with E-state index >= 15 is 0 Å². The van der Waals surface area contributed by atoms with Gasteiger partial charge >= 0.3 is 5.97 Å². The van der Waals surface area contributed by atoms with Crippen LogP contribution < -0.4 is 0 Å². The zero-order valence-corrected chi connectivity index (χ0v) is 23.2. The molecule has 4 aliphatic carbocycles. The molecule has 3 nitrogen and oxygen atoms in total. The molecular formula is C31H50O3. The van der Waals surface area contributed by atoms with E-state index in [0.29, 0.717) is 23.7 Å². The molecule has 9 atom stereocenters. The lowest BCUT2D eigenvalue weighted by Gasteiger charge is -2.62. The molecular weight excluding hydrogens is 420 g/mol. The van der Waals surface area contributed by atoms with Crippen molar-refractivity contribution >= 4 is 5.97 Å². The van der Waals surface area contributed by atoms with Crippen LogP contribution in [0.15, 0.2) is 11.1 Å². The molecule has 1 saturated heterocycles. The summed E-state index contributed by atoms with van der Waals surface area (Å²) in [4.78, 5) is 12.6. The highest BCUT2D eigenvalue weighted by Crippen LogP contribution is 2.72. The van der Waals surface area contributed by atoms with Gasteiger partial charge in [0.15, 0.2) is 0 Å². The van der Waals surface area contributed by atoms with Crippen molar-refractivity contribution < 1.29 is 14.6 Å². The van der Waals surface area contributed by atoms with E-state index in [2.05, 4.69) is 55.4 Å². The van der Waals surface area contributed by atoms with Crippen LogP contribution in [0.1, 0.15) is 113 Å². The van der Waals surface area contributed by atoms with Crippen molar-refractivity contribution in [2.24, 2.45) is 51.2 Å². The van der Waals surface area contributed by atoms with Gasteiger partial charge in [0.25, 0.3) is 0 Å². The largest absolute Gasteiger partial charge is 0.462 e. The van der Waals surface area contributed by atoms with E-state index in [1.807, 2.05) is 0 Å². The van der Waals surface area contributed by atoms with Crippen LogP contribution >= 0.6 is 0 Å². The normalized spacial score (nSPS) is 48.9. The third kappa shape index (κ3) is 3.13. The van der Waals surface area contributed by atoms with Gasteiger partial charge in [0.2, 0.25) is 0 Å². The fraction of sp³-hybridized carbons (Fsp3) is 0.903. The first-order chi connectivity index (χ1) is 15.8. The van der Waals surface area contributed by atoms with Crippen molar-refractivity contribution in [3.63, 3.8) is 0 Å². The number of rotatable bonds is 3. The van der Waals surface area contributed by atoms with Crippen LogP contribution in [0.3, 0.4) is 0 Å². The number of carbonyl (C=O) groups is 1. The minimum Gasteiger partial charge on any atom is -0.462 e. The Kier molecular flexibility index (Phi) is 5.72. The number of carbonyl (C=O) groups excluding carboxylic acids is 1. The van der Waals surface area contributed by atoms with Gasteiger partial charge in [-0.2, -0.15) is 0 Å². The lowest BCUT2D eigenvalue weighted by atomic mass is 9.43. The Morgan fingerprint density at radius 3 is 2.26 bits per heavy atom. The summed E-state index contributed by atoms with van der Waals surface area (Å²) in [5.41, 5.74) is 4.36. The Morgan fingerprint density at radius 1 is 0.912 bits per heavy atom. The second kappa shape index (κ2) is 7.83. The molecule has 0 amide bonds. The van der Waals surface area contributed by atoms with E-state index < -0.39 is 0 Å². The highest BCUT2D eigenvalue weighted by Gasteiger charge is 2.64. The predicted molar refractivity (Wildman–Crippen MR) is 137 cm³/mol. The molecule has 0 aromatic carbocycles. The van der Waals surface area contributed by atoms with Crippen molar-refractivity contribution in [2.45, 2.75) is 125 Å². The monoisotopic (exact) mass is 470 g/mol. The van der Waals surface area contributed by atoms with Crippen molar-refractivity contribution in [2.75, 3.05) is 0 Å². The lowest BCUT2D eigenvalue weighted by Crippen LogP contribution is -2.55. The van der Waals surface area contributed by atoms with Crippen molar-refractivity contribution in [3.05, 3.63) is 11.1 Å². The maximum atomic E-state index is 12.6. The SMILES string of the molecule is CC(C)[C@@H]1C[C@H]([C@@H](C)[C@H]2CC[C@@]3(C)C4=C(CC[C@]23C)[C@@]2(C)CC[C@H](O)C(C)(C)[C@@H]2CC4)OC1=O. The Labute approximate surface area is 208 Å². The number of aliphatic hydroxyl groups excluding tert-OH is 1. The summed E-state index contributed by atoms with van der Waals surface area (Å²) < 4.78 is 6.02. The number of aliphatic hydroxyl groups is 1. The first-order valence-corrected chi connectivity index (χ1v) is 14.4. The maximum Gasteiger partial charge on any atom is 0.309 e. The van der Waals surface area contributed by atoms with Crippen molar-refractivity contribution in [1.29, 1.82) is 0 Å². The number of ether oxygens (including phenoxy) is 1. The van der Waals surface area contributed by atoms with E-state index in [9.17, 15) is 9.90 Å². The van der Waals surface area contributed by atoms with Crippen LogP contribution in [0.2, 0.25) is 0 Å². The average Bonchev–Trinajstić information content (AvgIpc) is 3.28. The van der Waals surface area contributed by atoms with Gasteiger partial charge in [0.1, 0.15) is 6.10 Å². The first-order valence-electron chi connectivity index (χ1n) is 14.4. The summed E-state index contributed by atoms with van der Waals surface area (Å²) in [7, 11) is 0. The molecule has 192 valence electrons. The van der Waals surface area contributed by atoms with Crippen LogP contribution in [0.4, 0.5) is 0 Å². The summed E-state index contributed by atoms with van der Waals surface area (Å²) in [6.07, 6.45) is 10.4. The summed E-state index contributed by atoms with van der Waals surface area (Å²) in [5, 5.41) is 10.8. The fourth-order valence-corrected chi connectivity index (χ4v) is 10.3. The summed E-state index contributed by atoms with van der Waals surface area (Å²) in [6, 6.07) is 0. The Bertz CT molecular complexity index is 885. The van der Waals surface area contributed by atoms with E-state index in [0.717, 1.165) is 19.3 Å². The molecule has 0 unspecified atom stereocenters. The minimum absolute atomic E-state index is 0.000778. The molecule has 0 bridgehead atoms. The lowest BCUT2D eigenvalue weighted by molar-refractivity contribution is -0.148.